The lowest BCUT2D eigenvalue weighted by Gasteiger charge is -2.28. The van der Waals surface area contributed by atoms with Crippen molar-refractivity contribution in [3.63, 3.8) is 0 Å². The Morgan fingerprint density at radius 1 is 1.07 bits per heavy atom. The SMILES string of the molecule is CCOc1cc([C@H]2NC(=O)NC(C)=C2C(=O)OC)ccc1OC[C@H](O)N/N=C/c1ccccc1OCc1ccc(Cl)cc1Cl. The van der Waals surface area contributed by atoms with Gasteiger partial charge in [-0.25, -0.2) is 9.59 Å². The Bertz CT molecular complexity index is 1560. The fourth-order valence-electron chi connectivity index (χ4n) is 4.33. The Hall–Kier alpha value is -4.45. The van der Waals surface area contributed by atoms with Crippen LogP contribution in [0, 0.1) is 0 Å². The van der Waals surface area contributed by atoms with E-state index in [0.717, 1.165) is 5.56 Å². The number of para-hydroxylation sites is 1. The summed E-state index contributed by atoms with van der Waals surface area (Å²) in [5, 5.41) is 21.0. The Labute approximate surface area is 264 Å². The van der Waals surface area contributed by atoms with Crippen LogP contribution >= 0.6 is 23.2 Å². The number of halogens is 2. The molecule has 3 aromatic rings. The van der Waals surface area contributed by atoms with E-state index in [9.17, 15) is 14.7 Å². The minimum Gasteiger partial charge on any atom is -0.490 e. The highest BCUT2D eigenvalue weighted by Gasteiger charge is 2.32. The molecule has 1 heterocycles. The van der Waals surface area contributed by atoms with Gasteiger partial charge in [0.1, 0.15) is 19.0 Å². The zero-order chi connectivity index (χ0) is 31.6. The number of rotatable bonds is 13. The third-order valence-corrected chi connectivity index (χ3v) is 7.00. The van der Waals surface area contributed by atoms with Crippen molar-refractivity contribution in [2.24, 2.45) is 5.10 Å². The number of carbonyl (C=O) groups is 2. The highest BCUT2D eigenvalue weighted by atomic mass is 35.5. The molecular weight excluding hydrogens is 611 g/mol. The number of hydrazone groups is 1. The maximum absolute atomic E-state index is 12.4. The highest BCUT2D eigenvalue weighted by molar-refractivity contribution is 6.35. The van der Waals surface area contributed by atoms with Gasteiger partial charge in [0.2, 0.25) is 0 Å². The number of aliphatic hydroxyl groups is 1. The van der Waals surface area contributed by atoms with Crippen molar-refractivity contribution < 1.29 is 33.6 Å². The van der Waals surface area contributed by atoms with Crippen LogP contribution in [-0.2, 0) is 16.1 Å². The zero-order valence-electron chi connectivity index (χ0n) is 24.2. The fraction of sp³-hybridized carbons (Fsp3) is 0.258. The van der Waals surface area contributed by atoms with Crippen LogP contribution in [0.4, 0.5) is 4.79 Å². The Kier molecular flexibility index (Phi) is 11.3. The molecule has 1 aliphatic rings. The highest BCUT2D eigenvalue weighted by Crippen LogP contribution is 2.35. The summed E-state index contributed by atoms with van der Waals surface area (Å²) in [6.45, 7) is 3.83. The van der Waals surface area contributed by atoms with Crippen molar-refractivity contribution in [3.8, 4) is 17.2 Å². The summed E-state index contributed by atoms with van der Waals surface area (Å²) in [4.78, 5) is 24.6. The minimum atomic E-state index is -1.17. The van der Waals surface area contributed by atoms with Crippen LogP contribution in [0.1, 0.15) is 36.6 Å². The number of hydrogen-bond acceptors (Lipinski definition) is 9. The summed E-state index contributed by atoms with van der Waals surface area (Å²) in [5.74, 6) is 0.706. The van der Waals surface area contributed by atoms with Gasteiger partial charge in [-0.1, -0.05) is 47.5 Å². The fourth-order valence-corrected chi connectivity index (χ4v) is 4.79. The van der Waals surface area contributed by atoms with Gasteiger partial charge >= 0.3 is 12.0 Å². The van der Waals surface area contributed by atoms with E-state index in [1.807, 2.05) is 25.1 Å². The summed E-state index contributed by atoms with van der Waals surface area (Å²) in [6, 6.07) is 16.3. The largest absolute Gasteiger partial charge is 0.490 e. The smallest absolute Gasteiger partial charge is 0.337 e. The first-order chi connectivity index (χ1) is 21.2. The van der Waals surface area contributed by atoms with Gasteiger partial charge in [-0.3, -0.25) is 5.43 Å². The lowest BCUT2D eigenvalue weighted by molar-refractivity contribution is -0.136. The molecule has 2 amide bonds. The normalized spacial score (nSPS) is 15.3. The van der Waals surface area contributed by atoms with E-state index >= 15 is 0 Å². The number of urea groups is 1. The van der Waals surface area contributed by atoms with Gasteiger partial charge in [-0.15, -0.1) is 0 Å². The lowest BCUT2D eigenvalue weighted by Crippen LogP contribution is -2.45. The van der Waals surface area contributed by atoms with Gasteiger partial charge in [0, 0.05) is 26.9 Å². The van der Waals surface area contributed by atoms with Crippen molar-refractivity contribution in [1.29, 1.82) is 0 Å². The number of aliphatic hydroxyl groups excluding tert-OH is 1. The number of hydrogen-bond donors (Lipinski definition) is 4. The van der Waals surface area contributed by atoms with Crippen molar-refractivity contribution in [2.45, 2.75) is 32.7 Å². The molecule has 0 saturated carbocycles. The predicted molar refractivity (Wildman–Crippen MR) is 166 cm³/mol. The zero-order valence-corrected chi connectivity index (χ0v) is 25.7. The number of benzene rings is 3. The number of amides is 2. The molecule has 1 aliphatic heterocycles. The molecule has 0 fully saturated rings. The van der Waals surface area contributed by atoms with E-state index in [4.69, 9.17) is 42.1 Å². The molecule has 0 saturated heterocycles. The summed E-state index contributed by atoms with van der Waals surface area (Å²) >= 11 is 12.2. The molecule has 0 spiro atoms. The average molecular weight is 644 g/mol. The van der Waals surface area contributed by atoms with Crippen molar-refractivity contribution in [1.82, 2.24) is 16.1 Å². The van der Waals surface area contributed by atoms with Crippen LogP contribution in [0.15, 0.2) is 77.0 Å². The van der Waals surface area contributed by atoms with Gasteiger partial charge in [0.25, 0.3) is 0 Å². The molecule has 0 unspecified atom stereocenters. The molecule has 0 bridgehead atoms. The third kappa shape index (κ3) is 8.34. The first-order valence-corrected chi connectivity index (χ1v) is 14.3. The molecule has 0 aromatic heterocycles. The quantitative estimate of drug-likeness (QED) is 0.0875. The number of nitrogens with zero attached hydrogens (tertiary/aromatic N) is 1. The molecule has 232 valence electrons. The van der Waals surface area contributed by atoms with E-state index in [0.29, 0.717) is 50.7 Å². The molecule has 0 radical (unpaired) electrons. The van der Waals surface area contributed by atoms with E-state index < -0.39 is 24.3 Å². The molecule has 13 heteroatoms. The maximum Gasteiger partial charge on any atom is 0.337 e. The molecule has 44 heavy (non-hydrogen) atoms. The first kappa shape index (κ1) is 32.5. The van der Waals surface area contributed by atoms with Crippen molar-refractivity contribution >= 4 is 41.4 Å². The second-order valence-electron chi connectivity index (χ2n) is 9.48. The Balaban J connectivity index is 1.39. The number of nitrogens with one attached hydrogen (secondary N) is 3. The van der Waals surface area contributed by atoms with Gasteiger partial charge in [-0.2, -0.15) is 5.10 Å². The number of allylic oxidation sites excluding steroid dienone is 1. The molecule has 0 aliphatic carbocycles. The lowest BCUT2D eigenvalue weighted by atomic mass is 9.95. The molecule has 4 rings (SSSR count). The number of carbonyl (C=O) groups excluding carboxylic acids is 2. The number of methoxy groups -OCH3 is 1. The van der Waals surface area contributed by atoms with Gasteiger partial charge in [0.15, 0.2) is 17.7 Å². The minimum absolute atomic E-state index is 0.166. The van der Waals surface area contributed by atoms with Crippen LogP contribution in [0.2, 0.25) is 10.0 Å². The van der Waals surface area contributed by atoms with Gasteiger partial charge in [-0.05, 0) is 55.8 Å². The van der Waals surface area contributed by atoms with Crippen molar-refractivity contribution in [3.05, 3.63) is 98.7 Å². The number of esters is 1. The molecule has 2 atom stereocenters. The average Bonchev–Trinajstić information content (AvgIpc) is 3.00. The maximum atomic E-state index is 12.4. The predicted octanol–water partition coefficient (Wildman–Crippen LogP) is 5.09. The Morgan fingerprint density at radius 2 is 1.86 bits per heavy atom. The van der Waals surface area contributed by atoms with Gasteiger partial charge < -0.3 is 34.7 Å². The van der Waals surface area contributed by atoms with Gasteiger partial charge in [0.05, 0.1) is 31.5 Å². The third-order valence-electron chi connectivity index (χ3n) is 6.42. The number of ether oxygens (including phenoxy) is 4. The summed E-state index contributed by atoms with van der Waals surface area (Å²) in [7, 11) is 1.27. The van der Waals surface area contributed by atoms with Crippen LogP contribution in [0.5, 0.6) is 17.2 Å². The standard InChI is InChI=1S/C31H32Cl2N4O7/c1-4-42-26-13-19(29-28(30(39)41-3)18(2)35-31(40)36-29)10-12-25(26)44-17-27(38)37-34-15-20-7-5-6-8-24(20)43-16-21-9-11-22(32)14-23(21)33/h5-15,27,29,37-38H,4,16-17H2,1-3H3,(H2,35,36,40)/b34-15+/t27-,29+/m0/s1. The van der Waals surface area contributed by atoms with E-state index in [2.05, 4.69) is 21.2 Å². The summed E-state index contributed by atoms with van der Waals surface area (Å²) < 4.78 is 22.4. The Morgan fingerprint density at radius 3 is 2.61 bits per heavy atom. The van der Waals surface area contributed by atoms with E-state index in [1.165, 1.54) is 13.3 Å². The molecule has 4 N–H and O–H groups in total. The van der Waals surface area contributed by atoms with E-state index in [-0.39, 0.29) is 18.8 Å². The van der Waals surface area contributed by atoms with Crippen LogP contribution in [-0.4, -0.2) is 49.9 Å². The monoisotopic (exact) mass is 642 g/mol. The summed E-state index contributed by atoms with van der Waals surface area (Å²) in [6.07, 6.45) is 0.353. The second kappa shape index (κ2) is 15.3. The molecular formula is C31H32Cl2N4O7. The van der Waals surface area contributed by atoms with Crippen LogP contribution in [0.25, 0.3) is 0 Å². The summed E-state index contributed by atoms with van der Waals surface area (Å²) in [5.41, 5.74) is 5.31. The van der Waals surface area contributed by atoms with Crippen LogP contribution < -0.4 is 30.3 Å². The second-order valence-corrected chi connectivity index (χ2v) is 10.3. The van der Waals surface area contributed by atoms with E-state index in [1.54, 1.807) is 49.4 Å². The van der Waals surface area contributed by atoms with Crippen molar-refractivity contribution in [2.75, 3.05) is 20.3 Å². The van der Waals surface area contributed by atoms with Crippen LogP contribution in [0.3, 0.4) is 0 Å². The molecule has 11 nitrogen and oxygen atoms in total. The topological polar surface area (TPSA) is 140 Å². The molecule has 3 aromatic carbocycles. The first-order valence-electron chi connectivity index (χ1n) is 13.6.